The van der Waals surface area contributed by atoms with Crippen LogP contribution in [-0.4, -0.2) is 25.1 Å². The Labute approximate surface area is 152 Å². The number of methoxy groups -OCH3 is 2. The number of benzene rings is 2. The molecule has 136 valence electrons. The van der Waals surface area contributed by atoms with Crippen molar-refractivity contribution in [1.82, 2.24) is 4.98 Å². The summed E-state index contributed by atoms with van der Waals surface area (Å²) in [6.07, 6.45) is 0. The number of anilines is 1. The van der Waals surface area contributed by atoms with Crippen LogP contribution in [0.3, 0.4) is 0 Å². The van der Waals surface area contributed by atoms with Crippen LogP contribution in [0, 0.1) is 0 Å². The molecule has 0 aliphatic heterocycles. The lowest BCUT2D eigenvalue weighted by molar-refractivity contribution is 0.102. The largest absolute Gasteiger partial charge is 0.497 e. The monoisotopic (exact) mass is 354 g/mol. The van der Waals surface area contributed by atoms with Gasteiger partial charge in [0, 0.05) is 22.7 Å². The third-order valence-electron chi connectivity index (χ3n) is 3.90. The smallest absolute Gasteiger partial charge is 0.255 e. The quantitative estimate of drug-likeness (QED) is 0.752. The van der Waals surface area contributed by atoms with Crippen molar-refractivity contribution < 1.29 is 18.7 Å². The normalized spacial score (nSPS) is 11.4. The number of nitrogens with one attached hydrogen (secondary N) is 1. The fourth-order valence-corrected chi connectivity index (χ4v) is 2.47. The molecule has 0 aliphatic rings. The molecule has 0 spiro atoms. The SMILES string of the molecule is COc1cc(OC)cc(C(=O)Nc2ccc3oc(C(C)(C)C)nc3c2)c1. The van der Waals surface area contributed by atoms with Crippen LogP contribution in [-0.2, 0) is 5.41 Å². The van der Waals surface area contributed by atoms with Gasteiger partial charge in [-0.1, -0.05) is 20.8 Å². The van der Waals surface area contributed by atoms with Gasteiger partial charge in [-0.15, -0.1) is 0 Å². The molecule has 1 N–H and O–H groups in total. The van der Waals surface area contributed by atoms with Gasteiger partial charge in [-0.25, -0.2) is 4.98 Å². The first-order chi connectivity index (χ1) is 12.3. The molecule has 2 aromatic carbocycles. The molecule has 0 bridgehead atoms. The summed E-state index contributed by atoms with van der Waals surface area (Å²) in [4.78, 5) is 17.1. The first kappa shape index (κ1) is 17.8. The molecule has 0 aliphatic carbocycles. The van der Waals surface area contributed by atoms with Crippen molar-refractivity contribution in [3.8, 4) is 11.5 Å². The Hall–Kier alpha value is -3.02. The Morgan fingerprint density at radius 3 is 2.27 bits per heavy atom. The van der Waals surface area contributed by atoms with Gasteiger partial charge in [0.1, 0.15) is 17.0 Å². The van der Waals surface area contributed by atoms with Crippen LogP contribution in [0.4, 0.5) is 5.69 Å². The third-order valence-corrected chi connectivity index (χ3v) is 3.90. The Kier molecular flexibility index (Phi) is 4.59. The van der Waals surface area contributed by atoms with E-state index in [1.807, 2.05) is 20.8 Å². The topological polar surface area (TPSA) is 73.6 Å². The van der Waals surface area contributed by atoms with Crippen LogP contribution in [0.2, 0.25) is 0 Å². The van der Waals surface area contributed by atoms with Crippen LogP contribution in [0.5, 0.6) is 11.5 Å². The van der Waals surface area contributed by atoms with Crippen molar-refractivity contribution in [3.63, 3.8) is 0 Å². The maximum atomic E-state index is 12.6. The molecule has 0 saturated heterocycles. The minimum atomic E-state index is -0.263. The van der Waals surface area contributed by atoms with Crippen LogP contribution < -0.4 is 14.8 Å². The molecule has 26 heavy (non-hydrogen) atoms. The average molecular weight is 354 g/mol. The summed E-state index contributed by atoms with van der Waals surface area (Å²) in [5.74, 6) is 1.50. The number of aromatic nitrogens is 1. The van der Waals surface area contributed by atoms with E-state index >= 15 is 0 Å². The van der Waals surface area contributed by atoms with Crippen LogP contribution in [0.1, 0.15) is 37.0 Å². The molecule has 1 heterocycles. The zero-order valence-corrected chi connectivity index (χ0v) is 15.5. The van der Waals surface area contributed by atoms with Gasteiger partial charge in [0.15, 0.2) is 5.58 Å². The number of hydrogen-bond acceptors (Lipinski definition) is 5. The van der Waals surface area contributed by atoms with E-state index in [0.29, 0.717) is 39.7 Å². The Balaban J connectivity index is 1.87. The molecule has 6 nitrogen and oxygen atoms in total. The van der Waals surface area contributed by atoms with E-state index in [9.17, 15) is 4.79 Å². The van der Waals surface area contributed by atoms with Gasteiger partial charge in [-0.05, 0) is 30.3 Å². The number of hydrogen-bond donors (Lipinski definition) is 1. The van der Waals surface area contributed by atoms with Gasteiger partial charge in [-0.3, -0.25) is 4.79 Å². The van der Waals surface area contributed by atoms with Crippen molar-refractivity contribution in [2.75, 3.05) is 19.5 Å². The Morgan fingerprint density at radius 2 is 1.69 bits per heavy atom. The van der Waals surface area contributed by atoms with E-state index in [4.69, 9.17) is 13.9 Å². The average Bonchev–Trinajstić information content (AvgIpc) is 3.05. The standard InChI is InChI=1S/C20H22N2O4/c1-20(2,3)19-22-16-10-13(6-7-17(16)26-19)21-18(23)12-8-14(24-4)11-15(9-12)25-5/h6-11H,1-5H3,(H,21,23). The molecule has 0 unspecified atom stereocenters. The molecule has 0 radical (unpaired) electrons. The van der Waals surface area contributed by atoms with Crippen LogP contribution in [0.25, 0.3) is 11.1 Å². The van der Waals surface area contributed by atoms with E-state index in [1.165, 1.54) is 0 Å². The van der Waals surface area contributed by atoms with E-state index in [-0.39, 0.29) is 11.3 Å². The first-order valence-corrected chi connectivity index (χ1v) is 8.25. The molecule has 3 rings (SSSR count). The summed E-state index contributed by atoms with van der Waals surface area (Å²) >= 11 is 0. The highest BCUT2D eigenvalue weighted by atomic mass is 16.5. The van der Waals surface area contributed by atoms with E-state index in [2.05, 4.69) is 10.3 Å². The number of fused-ring (bicyclic) bond motifs is 1. The molecule has 1 aromatic heterocycles. The number of ether oxygens (including phenoxy) is 2. The minimum absolute atomic E-state index is 0.181. The lowest BCUT2D eigenvalue weighted by Gasteiger charge is -2.11. The van der Waals surface area contributed by atoms with E-state index in [0.717, 1.165) is 0 Å². The van der Waals surface area contributed by atoms with Crippen LogP contribution in [0.15, 0.2) is 40.8 Å². The maximum Gasteiger partial charge on any atom is 0.255 e. The van der Waals surface area contributed by atoms with Crippen molar-refractivity contribution >= 4 is 22.7 Å². The van der Waals surface area contributed by atoms with Gasteiger partial charge in [-0.2, -0.15) is 0 Å². The molecular weight excluding hydrogens is 332 g/mol. The predicted molar refractivity (Wildman–Crippen MR) is 100 cm³/mol. The van der Waals surface area contributed by atoms with Gasteiger partial charge < -0.3 is 19.2 Å². The number of nitrogens with zero attached hydrogens (tertiary/aromatic N) is 1. The van der Waals surface area contributed by atoms with Crippen molar-refractivity contribution in [1.29, 1.82) is 0 Å². The molecule has 0 saturated carbocycles. The highest BCUT2D eigenvalue weighted by molar-refractivity contribution is 6.05. The second-order valence-corrected chi connectivity index (χ2v) is 7.01. The van der Waals surface area contributed by atoms with Crippen LogP contribution >= 0.6 is 0 Å². The molecule has 0 atom stereocenters. The second-order valence-electron chi connectivity index (χ2n) is 7.01. The van der Waals surface area contributed by atoms with E-state index in [1.54, 1.807) is 50.6 Å². The number of oxazole rings is 1. The summed E-state index contributed by atoms with van der Waals surface area (Å²) in [7, 11) is 3.09. The fourth-order valence-electron chi connectivity index (χ4n) is 2.47. The lowest BCUT2D eigenvalue weighted by Crippen LogP contribution is -2.12. The maximum absolute atomic E-state index is 12.6. The van der Waals surface area contributed by atoms with Gasteiger partial charge in [0.05, 0.1) is 14.2 Å². The highest BCUT2D eigenvalue weighted by Gasteiger charge is 2.21. The first-order valence-electron chi connectivity index (χ1n) is 8.25. The Morgan fingerprint density at radius 1 is 1.04 bits per heavy atom. The zero-order valence-electron chi connectivity index (χ0n) is 15.5. The summed E-state index contributed by atoms with van der Waals surface area (Å²) in [5.41, 5.74) is 2.29. The number of rotatable bonds is 4. The number of carbonyl (C=O) groups excluding carboxylic acids is 1. The number of carbonyl (C=O) groups is 1. The van der Waals surface area contributed by atoms with Gasteiger partial charge in [0.2, 0.25) is 5.89 Å². The van der Waals surface area contributed by atoms with Crippen molar-refractivity contribution in [2.24, 2.45) is 0 Å². The minimum Gasteiger partial charge on any atom is -0.497 e. The zero-order chi connectivity index (χ0) is 18.9. The summed E-state index contributed by atoms with van der Waals surface area (Å²) in [5, 5.41) is 2.87. The number of amides is 1. The molecular formula is C20H22N2O4. The molecule has 0 fully saturated rings. The molecule has 1 amide bonds. The third kappa shape index (κ3) is 3.64. The van der Waals surface area contributed by atoms with E-state index < -0.39 is 0 Å². The second kappa shape index (κ2) is 6.71. The molecule has 6 heteroatoms. The summed E-state index contributed by atoms with van der Waals surface area (Å²) < 4.78 is 16.2. The summed E-state index contributed by atoms with van der Waals surface area (Å²) in [6.45, 7) is 6.11. The predicted octanol–water partition coefficient (Wildman–Crippen LogP) is 4.39. The lowest BCUT2D eigenvalue weighted by atomic mass is 9.97. The highest BCUT2D eigenvalue weighted by Crippen LogP contribution is 2.28. The van der Waals surface area contributed by atoms with Gasteiger partial charge in [0.25, 0.3) is 5.91 Å². The fraction of sp³-hybridized carbons (Fsp3) is 0.300. The Bertz CT molecular complexity index is 932. The van der Waals surface area contributed by atoms with Crippen molar-refractivity contribution in [3.05, 3.63) is 47.9 Å². The summed E-state index contributed by atoms with van der Waals surface area (Å²) in [6, 6.07) is 10.4. The van der Waals surface area contributed by atoms with Gasteiger partial charge >= 0.3 is 0 Å². The molecule has 3 aromatic rings. The van der Waals surface area contributed by atoms with Crippen molar-refractivity contribution in [2.45, 2.75) is 26.2 Å².